The molecular weight excluding hydrogens is 144 g/mol. The van der Waals surface area contributed by atoms with E-state index >= 15 is 0 Å². The van der Waals surface area contributed by atoms with Gasteiger partial charge in [-0.15, -0.1) is 12.3 Å². The van der Waals surface area contributed by atoms with Crippen LogP contribution in [-0.2, 0) is 0 Å². The molecule has 0 radical (unpaired) electrons. The highest BCUT2D eigenvalue weighted by Crippen LogP contribution is 2.22. The molecule has 0 N–H and O–H groups in total. The minimum Gasteiger partial charge on any atom is -0.120 e. The molecule has 70 valence electrons. The summed E-state index contributed by atoms with van der Waals surface area (Å²) in [6.07, 6.45) is 9.05. The third-order valence-electron chi connectivity index (χ3n) is 2.67. The molecule has 12 heavy (non-hydrogen) atoms. The van der Waals surface area contributed by atoms with E-state index in [1.165, 1.54) is 19.3 Å². The van der Waals surface area contributed by atoms with Crippen molar-refractivity contribution in [2.24, 2.45) is 17.8 Å². The largest absolute Gasteiger partial charge is 0.120 e. The van der Waals surface area contributed by atoms with Crippen LogP contribution < -0.4 is 0 Å². The number of hydrogen-bond acceptors (Lipinski definition) is 0. The lowest BCUT2D eigenvalue weighted by atomic mass is 9.86. The first kappa shape index (κ1) is 11.6. The summed E-state index contributed by atoms with van der Waals surface area (Å²) >= 11 is 0. The smallest absolute Gasteiger partial charge is 0.0202 e. The van der Waals surface area contributed by atoms with Gasteiger partial charge in [0.2, 0.25) is 0 Å². The maximum Gasteiger partial charge on any atom is 0.0202 e. The second-order valence-electron chi connectivity index (χ2n) is 4.11. The van der Waals surface area contributed by atoms with E-state index in [0.29, 0.717) is 5.92 Å². The minimum atomic E-state index is 0.507. The van der Waals surface area contributed by atoms with Crippen LogP contribution in [-0.4, -0.2) is 0 Å². The van der Waals surface area contributed by atoms with Crippen LogP contribution in [0.4, 0.5) is 0 Å². The third-order valence-corrected chi connectivity index (χ3v) is 2.67. The SMILES string of the molecule is C#CC(CCC)CC(C)C(C)C. The summed E-state index contributed by atoms with van der Waals surface area (Å²) in [5.74, 6) is 4.92. The fourth-order valence-corrected chi connectivity index (χ4v) is 1.34. The molecule has 2 unspecified atom stereocenters. The van der Waals surface area contributed by atoms with E-state index in [1.807, 2.05) is 0 Å². The predicted octanol–water partition coefficient (Wildman–Crippen LogP) is 3.72. The summed E-state index contributed by atoms with van der Waals surface area (Å²) in [7, 11) is 0. The highest BCUT2D eigenvalue weighted by molar-refractivity contribution is 4.93. The van der Waals surface area contributed by atoms with E-state index < -0.39 is 0 Å². The van der Waals surface area contributed by atoms with Crippen molar-refractivity contribution in [3.63, 3.8) is 0 Å². The van der Waals surface area contributed by atoms with Crippen molar-refractivity contribution in [2.45, 2.75) is 47.0 Å². The summed E-state index contributed by atoms with van der Waals surface area (Å²) in [5.41, 5.74) is 0. The average molecular weight is 166 g/mol. The second-order valence-corrected chi connectivity index (χ2v) is 4.11. The van der Waals surface area contributed by atoms with Crippen molar-refractivity contribution >= 4 is 0 Å². The van der Waals surface area contributed by atoms with E-state index in [4.69, 9.17) is 6.42 Å². The molecule has 0 aromatic carbocycles. The zero-order valence-electron chi connectivity index (χ0n) is 8.93. The maximum atomic E-state index is 5.46. The molecule has 0 aromatic heterocycles. The summed E-state index contributed by atoms with van der Waals surface area (Å²) in [6, 6.07) is 0. The van der Waals surface area contributed by atoms with Crippen LogP contribution in [0, 0.1) is 30.1 Å². The number of terminal acetylenes is 1. The van der Waals surface area contributed by atoms with Crippen molar-refractivity contribution in [3.05, 3.63) is 0 Å². The van der Waals surface area contributed by atoms with E-state index in [1.54, 1.807) is 0 Å². The standard InChI is InChI=1S/C12H22/c1-6-8-12(7-2)9-11(5)10(3)4/h2,10-12H,6,8-9H2,1,3-5H3. The van der Waals surface area contributed by atoms with Crippen molar-refractivity contribution in [1.29, 1.82) is 0 Å². The van der Waals surface area contributed by atoms with Crippen LogP contribution in [0.3, 0.4) is 0 Å². The molecule has 0 aliphatic carbocycles. The van der Waals surface area contributed by atoms with E-state index in [2.05, 4.69) is 33.6 Å². The Morgan fingerprint density at radius 2 is 1.83 bits per heavy atom. The van der Waals surface area contributed by atoms with Gasteiger partial charge in [-0.3, -0.25) is 0 Å². The maximum absolute atomic E-state index is 5.46. The molecular formula is C12H22. The highest BCUT2D eigenvalue weighted by atomic mass is 14.2. The monoisotopic (exact) mass is 166 g/mol. The molecule has 0 aliphatic rings. The van der Waals surface area contributed by atoms with Gasteiger partial charge in [0.25, 0.3) is 0 Å². The average Bonchev–Trinajstić information content (AvgIpc) is 2.03. The van der Waals surface area contributed by atoms with Gasteiger partial charge in [-0.2, -0.15) is 0 Å². The van der Waals surface area contributed by atoms with Crippen LogP contribution in [0.25, 0.3) is 0 Å². The number of hydrogen-bond donors (Lipinski definition) is 0. The normalized spacial score (nSPS) is 15.7. The van der Waals surface area contributed by atoms with E-state index in [-0.39, 0.29) is 0 Å². The molecule has 0 heteroatoms. The van der Waals surface area contributed by atoms with Gasteiger partial charge in [0.1, 0.15) is 0 Å². The lowest BCUT2D eigenvalue weighted by Crippen LogP contribution is -2.09. The Labute approximate surface area is 77.8 Å². The van der Waals surface area contributed by atoms with Crippen LogP contribution in [0.5, 0.6) is 0 Å². The molecule has 0 aliphatic heterocycles. The first-order valence-corrected chi connectivity index (χ1v) is 5.07. The molecule has 0 heterocycles. The predicted molar refractivity (Wildman–Crippen MR) is 55.9 cm³/mol. The Morgan fingerprint density at radius 3 is 2.17 bits per heavy atom. The van der Waals surface area contributed by atoms with Crippen LogP contribution in [0.15, 0.2) is 0 Å². The minimum absolute atomic E-state index is 0.507. The molecule has 0 amide bonds. The summed E-state index contributed by atoms with van der Waals surface area (Å²) < 4.78 is 0. The molecule has 0 nitrogen and oxygen atoms in total. The summed E-state index contributed by atoms with van der Waals surface area (Å²) in [6.45, 7) is 9.03. The van der Waals surface area contributed by atoms with Crippen molar-refractivity contribution < 1.29 is 0 Å². The van der Waals surface area contributed by atoms with Gasteiger partial charge in [0.15, 0.2) is 0 Å². The van der Waals surface area contributed by atoms with Crippen LogP contribution >= 0.6 is 0 Å². The molecule has 0 spiro atoms. The molecule has 0 bridgehead atoms. The lowest BCUT2D eigenvalue weighted by Gasteiger charge is -2.19. The van der Waals surface area contributed by atoms with Crippen LogP contribution in [0.1, 0.15) is 47.0 Å². The summed E-state index contributed by atoms with van der Waals surface area (Å²) in [4.78, 5) is 0. The Morgan fingerprint density at radius 1 is 1.25 bits per heavy atom. The first-order valence-electron chi connectivity index (χ1n) is 5.07. The Balaban J connectivity index is 3.79. The molecule has 0 saturated heterocycles. The quantitative estimate of drug-likeness (QED) is 0.546. The molecule has 0 saturated carbocycles. The van der Waals surface area contributed by atoms with Gasteiger partial charge in [-0.25, -0.2) is 0 Å². The molecule has 2 atom stereocenters. The number of rotatable bonds is 5. The molecule has 0 fully saturated rings. The van der Waals surface area contributed by atoms with Gasteiger partial charge in [-0.05, 0) is 24.7 Å². The van der Waals surface area contributed by atoms with Crippen molar-refractivity contribution in [2.75, 3.05) is 0 Å². The first-order chi connectivity index (χ1) is 5.61. The Kier molecular flexibility index (Phi) is 5.89. The van der Waals surface area contributed by atoms with Crippen molar-refractivity contribution in [1.82, 2.24) is 0 Å². The van der Waals surface area contributed by atoms with Gasteiger partial charge in [-0.1, -0.05) is 34.1 Å². The highest BCUT2D eigenvalue weighted by Gasteiger charge is 2.12. The van der Waals surface area contributed by atoms with E-state index in [9.17, 15) is 0 Å². The van der Waals surface area contributed by atoms with Crippen molar-refractivity contribution in [3.8, 4) is 12.3 Å². The van der Waals surface area contributed by atoms with Crippen LogP contribution in [0.2, 0.25) is 0 Å². The Hall–Kier alpha value is -0.440. The van der Waals surface area contributed by atoms with Gasteiger partial charge in [0.05, 0.1) is 0 Å². The third kappa shape index (κ3) is 4.44. The van der Waals surface area contributed by atoms with E-state index in [0.717, 1.165) is 11.8 Å². The molecule has 0 aromatic rings. The van der Waals surface area contributed by atoms with Gasteiger partial charge < -0.3 is 0 Å². The second kappa shape index (κ2) is 6.12. The fourth-order valence-electron chi connectivity index (χ4n) is 1.34. The Bertz CT molecular complexity index is 139. The van der Waals surface area contributed by atoms with Gasteiger partial charge in [0, 0.05) is 5.92 Å². The zero-order chi connectivity index (χ0) is 9.56. The summed E-state index contributed by atoms with van der Waals surface area (Å²) in [5, 5.41) is 0. The molecule has 0 rings (SSSR count). The van der Waals surface area contributed by atoms with Gasteiger partial charge >= 0.3 is 0 Å². The topological polar surface area (TPSA) is 0 Å². The lowest BCUT2D eigenvalue weighted by molar-refractivity contribution is 0.344. The fraction of sp³-hybridized carbons (Fsp3) is 0.833. The zero-order valence-corrected chi connectivity index (χ0v) is 8.93.